The van der Waals surface area contributed by atoms with E-state index in [9.17, 15) is 14.4 Å². The van der Waals surface area contributed by atoms with Crippen LogP contribution in [0, 0.1) is 5.92 Å². The number of benzene rings is 4. The molecule has 1 atom stereocenters. The first-order valence-electron chi connectivity index (χ1n) is 14.6. The minimum Gasteiger partial charge on any atom is -0.449 e. The number of ether oxygens (including phenoxy) is 1. The molecule has 7 heteroatoms. The van der Waals surface area contributed by atoms with E-state index in [4.69, 9.17) is 9.57 Å². The van der Waals surface area contributed by atoms with Gasteiger partial charge in [0.25, 0.3) is 5.91 Å². The van der Waals surface area contributed by atoms with E-state index in [-0.39, 0.29) is 25.0 Å². The van der Waals surface area contributed by atoms with Crippen molar-refractivity contribution in [2.45, 2.75) is 38.6 Å². The summed E-state index contributed by atoms with van der Waals surface area (Å²) in [6.45, 7) is 4.18. The van der Waals surface area contributed by atoms with Crippen molar-refractivity contribution < 1.29 is 24.0 Å². The van der Waals surface area contributed by atoms with Gasteiger partial charge in [0.05, 0.1) is 12.1 Å². The Morgan fingerprint density at radius 2 is 1.33 bits per heavy atom. The monoisotopic (exact) mass is 576 g/mol. The summed E-state index contributed by atoms with van der Waals surface area (Å²) >= 11 is 0. The fourth-order valence-corrected chi connectivity index (χ4v) is 5.45. The van der Waals surface area contributed by atoms with Crippen LogP contribution in [0.5, 0.6) is 0 Å². The molecule has 0 aliphatic heterocycles. The zero-order valence-electron chi connectivity index (χ0n) is 24.4. The lowest BCUT2D eigenvalue weighted by molar-refractivity contribution is -0.169. The number of alkyl carbamates (subject to hydrolysis) is 1. The molecule has 0 spiro atoms. The Hall–Kier alpha value is -4.91. The van der Waals surface area contributed by atoms with Gasteiger partial charge >= 0.3 is 12.1 Å². The van der Waals surface area contributed by atoms with Gasteiger partial charge in [0.2, 0.25) is 0 Å². The normalized spacial score (nSPS) is 12.6. The first-order chi connectivity index (χ1) is 20.9. The molecule has 1 N–H and O–H groups in total. The Kier molecular flexibility index (Phi) is 9.52. The number of rotatable bonds is 10. The van der Waals surface area contributed by atoms with Crippen LogP contribution in [0.2, 0.25) is 0 Å². The minimum absolute atomic E-state index is 0.0728. The van der Waals surface area contributed by atoms with Crippen LogP contribution in [-0.2, 0) is 20.8 Å². The van der Waals surface area contributed by atoms with Gasteiger partial charge in [-0.1, -0.05) is 111 Å². The molecule has 4 aromatic carbocycles. The summed E-state index contributed by atoms with van der Waals surface area (Å²) in [4.78, 5) is 45.6. The molecule has 0 heterocycles. The predicted octanol–water partition coefficient (Wildman–Crippen LogP) is 6.78. The van der Waals surface area contributed by atoms with Crippen LogP contribution in [0.3, 0.4) is 0 Å². The highest BCUT2D eigenvalue weighted by atomic mass is 16.7. The lowest BCUT2D eigenvalue weighted by Crippen LogP contribution is -2.50. The first kappa shape index (κ1) is 29.6. The number of hydrogen-bond acceptors (Lipinski definition) is 5. The average molecular weight is 577 g/mol. The van der Waals surface area contributed by atoms with Crippen LogP contribution < -0.4 is 5.32 Å². The van der Waals surface area contributed by atoms with Crippen LogP contribution >= 0.6 is 0 Å². The molecule has 220 valence electrons. The molecule has 0 unspecified atom stereocenters. The van der Waals surface area contributed by atoms with Gasteiger partial charge < -0.3 is 14.9 Å². The predicted molar refractivity (Wildman–Crippen MR) is 165 cm³/mol. The van der Waals surface area contributed by atoms with E-state index in [1.165, 1.54) is 0 Å². The van der Waals surface area contributed by atoms with Crippen LogP contribution in [0.4, 0.5) is 4.79 Å². The van der Waals surface area contributed by atoms with E-state index in [1.54, 1.807) is 30.3 Å². The Morgan fingerprint density at radius 3 is 1.93 bits per heavy atom. The van der Waals surface area contributed by atoms with E-state index in [0.29, 0.717) is 18.4 Å². The number of nitrogens with zero attached hydrogens (tertiary/aromatic N) is 1. The minimum atomic E-state index is -0.949. The summed E-state index contributed by atoms with van der Waals surface area (Å²) < 4.78 is 5.73. The molecular weight excluding hydrogens is 540 g/mol. The van der Waals surface area contributed by atoms with Crippen LogP contribution in [0.25, 0.3) is 11.1 Å². The summed E-state index contributed by atoms with van der Waals surface area (Å²) in [5, 5.41) is 3.84. The number of amides is 2. The van der Waals surface area contributed by atoms with Crippen molar-refractivity contribution in [3.8, 4) is 11.1 Å². The van der Waals surface area contributed by atoms with Crippen molar-refractivity contribution in [1.82, 2.24) is 10.4 Å². The van der Waals surface area contributed by atoms with Crippen molar-refractivity contribution >= 4 is 18.0 Å². The second-order valence-corrected chi connectivity index (χ2v) is 11.1. The fraction of sp³-hybridized carbons (Fsp3) is 0.250. The summed E-state index contributed by atoms with van der Waals surface area (Å²) in [5.41, 5.74) is 5.78. The van der Waals surface area contributed by atoms with Crippen molar-refractivity contribution in [2.75, 3.05) is 13.2 Å². The molecular formula is C36H36N2O5. The topological polar surface area (TPSA) is 84.9 Å². The molecule has 2 amide bonds. The molecule has 0 radical (unpaired) electrons. The van der Waals surface area contributed by atoms with Crippen LogP contribution in [-0.4, -0.2) is 42.2 Å². The van der Waals surface area contributed by atoms with Gasteiger partial charge in [0.1, 0.15) is 12.6 Å². The highest BCUT2D eigenvalue weighted by Gasteiger charge is 2.32. The number of fused-ring (bicyclic) bond motifs is 3. The van der Waals surface area contributed by atoms with E-state index < -0.39 is 24.0 Å². The summed E-state index contributed by atoms with van der Waals surface area (Å²) in [6.07, 6.45) is 0.111. The van der Waals surface area contributed by atoms with E-state index in [1.807, 2.05) is 68.4 Å². The maximum atomic E-state index is 13.9. The SMILES string of the molecule is CC(C)C[C@H](NC(=O)OCC1c2ccccc2-c2ccccc21)C(=O)N(CCc1ccccc1)OC(=O)c1ccccc1. The van der Waals surface area contributed by atoms with Crippen molar-refractivity contribution in [2.24, 2.45) is 5.92 Å². The Labute approximate surface area is 252 Å². The first-order valence-corrected chi connectivity index (χ1v) is 14.6. The smallest absolute Gasteiger partial charge is 0.407 e. The molecule has 43 heavy (non-hydrogen) atoms. The van der Waals surface area contributed by atoms with Crippen molar-refractivity contribution in [3.63, 3.8) is 0 Å². The zero-order valence-corrected chi connectivity index (χ0v) is 24.4. The molecule has 0 saturated heterocycles. The van der Waals surface area contributed by atoms with E-state index >= 15 is 0 Å². The average Bonchev–Trinajstić information content (AvgIpc) is 3.35. The highest BCUT2D eigenvalue weighted by Crippen LogP contribution is 2.44. The van der Waals surface area contributed by atoms with Gasteiger partial charge in [-0.2, -0.15) is 5.06 Å². The van der Waals surface area contributed by atoms with Gasteiger partial charge in [-0.3, -0.25) is 4.79 Å². The molecule has 1 aliphatic carbocycles. The largest absolute Gasteiger partial charge is 0.449 e. The summed E-state index contributed by atoms with van der Waals surface area (Å²) in [7, 11) is 0. The molecule has 0 bridgehead atoms. The van der Waals surface area contributed by atoms with Gasteiger partial charge in [-0.15, -0.1) is 0 Å². The number of hydroxylamine groups is 2. The van der Waals surface area contributed by atoms with E-state index in [0.717, 1.165) is 32.9 Å². The molecule has 0 saturated carbocycles. The van der Waals surface area contributed by atoms with Gasteiger partial charge in [0.15, 0.2) is 0 Å². The molecule has 1 aliphatic rings. The van der Waals surface area contributed by atoms with Crippen LogP contribution in [0.1, 0.15) is 53.2 Å². The summed E-state index contributed by atoms with van der Waals surface area (Å²) in [6, 6.07) is 33.4. The third kappa shape index (κ3) is 7.30. The molecule has 4 aromatic rings. The van der Waals surface area contributed by atoms with E-state index in [2.05, 4.69) is 29.6 Å². The maximum Gasteiger partial charge on any atom is 0.407 e. The Balaban J connectivity index is 1.30. The second-order valence-electron chi connectivity index (χ2n) is 11.1. The van der Waals surface area contributed by atoms with Crippen LogP contribution in [0.15, 0.2) is 109 Å². The molecule has 5 rings (SSSR count). The number of hydrogen-bond donors (Lipinski definition) is 1. The van der Waals surface area contributed by atoms with Gasteiger partial charge in [0, 0.05) is 5.92 Å². The van der Waals surface area contributed by atoms with Gasteiger partial charge in [-0.25, -0.2) is 9.59 Å². The standard InChI is InChI=1S/C36H36N2O5/c1-25(2)23-33(37-36(41)42-24-32-30-19-11-9-17-28(30)29-18-10-12-20-31(29)32)34(39)38(22-21-26-13-5-3-6-14-26)43-35(40)27-15-7-4-8-16-27/h3-20,25,32-33H,21-24H2,1-2H3,(H,37,41)/t33-/m0/s1. The zero-order chi connectivity index (χ0) is 30.2. The number of nitrogens with one attached hydrogen (secondary N) is 1. The lowest BCUT2D eigenvalue weighted by Gasteiger charge is -2.27. The second kappa shape index (κ2) is 13.8. The molecule has 0 aromatic heterocycles. The van der Waals surface area contributed by atoms with Gasteiger partial charge in [-0.05, 0) is 58.7 Å². The fourth-order valence-electron chi connectivity index (χ4n) is 5.45. The Morgan fingerprint density at radius 1 is 0.767 bits per heavy atom. The lowest BCUT2D eigenvalue weighted by atomic mass is 9.98. The third-order valence-corrected chi connectivity index (χ3v) is 7.54. The maximum absolute atomic E-state index is 13.9. The van der Waals surface area contributed by atoms with Crippen molar-refractivity contribution in [1.29, 1.82) is 0 Å². The number of carbonyl (C=O) groups is 3. The highest BCUT2D eigenvalue weighted by molar-refractivity contribution is 5.91. The summed E-state index contributed by atoms with van der Waals surface area (Å²) in [5.74, 6) is -1.19. The van der Waals surface area contributed by atoms with Crippen molar-refractivity contribution in [3.05, 3.63) is 131 Å². The molecule has 0 fully saturated rings. The number of carbonyl (C=O) groups excluding carboxylic acids is 3. The molecule has 7 nitrogen and oxygen atoms in total. The quantitative estimate of drug-likeness (QED) is 0.210. The third-order valence-electron chi connectivity index (χ3n) is 7.54. The Bertz CT molecular complexity index is 1510.